The molecule has 0 radical (unpaired) electrons. The third kappa shape index (κ3) is 2.42. The highest BCUT2D eigenvalue weighted by molar-refractivity contribution is 6.31. The van der Waals surface area contributed by atoms with Gasteiger partial charge in [-0.2, -0.15) is 9.97 Å². The van der Waals surface area contributed by atoms with Gasteiger partial charge in [-0.1, -0.05) is 29.8 Å². The normalized spacial score (nSPS) is 12.6. The molecule has 2 N–H and O–H groups in total. The molecule has 0 aliphatic rings. The highest BCUT2D eigenvalue weighted by Gasteiger charge is 2.14. The number of hydrogen-bond acceptors (Lipinski definition) is 4. The summed E-state index contributed by atoms with van der Waals surface area (Å²) >= 11 is 12.1. The Kier molecular flexibility index (Phi) is 3.46. The Bertz CT molecular complexity index is 755. The van der Waals surface area contributed by atoms with Gasteiger partial charge in [-0.3, -0.25) is 0 Å². The minimum absolute atomic E-state index is 0.0267. The molecule has 0 saturated heterocycles. The van der Waals surface area contributed by atoms with Crippen LogP contribution < -0.4 is 5.32 Å². The van der Waals surface area contributed by atoms with E-state index in [2.05, 4.69) is 25.3 Å². The zero-order valence-corrected chi connectivity index (χ0v) is 12.1. The number of nitrogens with zero attached hydrogens (tertiary/aromatic N) is 3. The van der Waals surface area contributed by atoms with Crippen molar-refractivity contribution in [1.82, 2.24) is 19.9 Å². The average Bonchev–Trinajstić information content (AvgIpc) is 2.87. The molecule has 2 heterocycles. The van der Waals surface area contributed by atoms with E-state index in [4.69, 9.17) is 23.2 Å². The summed E-state index contributed by atoms with van der Waals surface area (Å²) in [6.07, 6.45) is 1.56. The molecule has 1 atom stereocenters. The van der Waals surface area contributed by atoms with Gasteiger partial charge in [0.15, 0.2) is 11.5 Å². The van der Waals surface area contributed by atoms with Crippen LogP contribution in [0.25, 0.3) is 11.2 Å². The predicted octanol–water partition coefficient (Wildman–Crippen LogP) is 3.83. The molecule has 102 valence electrons. The van der Waals surface area contributed by atoms with Gasteiger partial charge in [0.05, 0.1) is 12.4 Å². The maximum Gasteiger partial charge on any atom is 0.226 e. The van der Waals surface area contributed by atoms with Gasteiger partial charge in [-0.15, -0.1) is 0 Å². The Balaban J connectivity index is 1.97. The average molecular weight is 308 g/mol. The van der Waals surface area contributed by atoms with Gasteiger partial charge in [0, 0.05) is 5.02 Å². The summed E-state index contributed by atoms with van der Waals surface area (Å²) in [4.78, 5) is 15.3. The minimum atomic E-state index is -0.0267. The Hall–Kier alpha value is -1.85. The molecule has 0 aliphatic carbocycles. The Labute approximate surface area is 125 Å². The fourth-order valence-electron chi connectivity index (χ4n) is 2.02. The summed E-state index contributed by atoms with van der Waals surface area (Å²) in [6.45, 7) is 2.00. The lowest BCUT2D eigenvalue weighted by Crippen LogP contribution is -2.09. The zero-order valence-electron chi connectivity index (χ0n) is 10.6. The van der Waals surface area contributed by atoms with E-state index in [0.29, 0.717) is 22.0 Å². The number of hydrogen-bond donors (Lipinski definition) is 2. The molecule has 0 aliphatic heterocycles. The summed E-state index contributed by atoms with van der Waals surface area (Å²) in [7, 11) is 0. The van der Waals surface area contributed by atoms with E-state index in [1.807, 2.05) is 31.2 Å². The van der Waals surface area contributed by atoms with Crippen LogP contribution in [0.5, 0.6) is 0 Å². The smallest absolute Gasteiger partial charge is 0.226 e. The number of imidazole rings is 1. The number of benzene rings is 1. The zero-order chi connectivity index (χ0) is 14.1. The summed E-state index contributed by atoms with van der Waals surface area (Å²) < 4.78 is 0. The van der Waals surface area contributed by atoms with E-state index >= 15 is 0 Å². The number of aromatic amines is 1. The third-order valence-electron chi connectivity index (χ3n) is 2.98. The lowest BCUT2D eigenvalue weighted by atomic mass is 10.1. The van der Waals surface area contributed by atoms with Gasteiger partial charge in [0.25, 0.3) is 0 Å². The first kappa shape index (κ1) is 13.1. The Morgan fingerprint density at radius 2 is 2.00 bits per heavy atom. The van der Waals surface area contributed by atoms with Crippen LogP contribution in [0.3, 0.4) is 0 Å². The van der Waals surface area contributed by atoms with E-state index in [1.165, 1.54) is 0 Å². The summed E-state index contributed by atoms with van der Waals surface area (Å²) in [5, 5.41) is 4.13. The number of rotatable bonds is 3. The van der Waals surface area contributed by atoms with Crippen molar-refractivity contribution in [2.75, 3.05) is 5.32 Å². The van der Waals surface area contributed by atoms with Crippen LogP contribution in [0.2, 0.25) is 10.3 Å². The van der Waals surface area contributed by atoms with Gasteiger partial charge in [0.2, 0.25) is 5.28 Å². The fraction of sp³-hybridized carbons (Fsp3) is 0.154. The molecule has 20 heavy (non-hydrogen) atoms. The van der Waals surface area contributed by atoms with E-state index in [0.717, 1.165) is 5.56 Å². The van der Waals surface area contributed by atoms with Gasteiger partial charge < -0.3 is 10.3 Å². The number of nitrogens with one attached hydrogen (secondary N) is 2. The first-order chi connectivity index (χ1) is 9.65. The molecule has 0 fully saturated rings. The van der Waals surface area contributed by atoms with Crippen molar-refractivity contribution in [2.45, 2.75) is 13.0 Å². The number of aromatic nitrogens is 4. The molecule has 1 unspecified atom stereocenters. The first-order valence-corrected chi connectivity index (χ1v) is 6.78. The molecule has 0 spiro atoms. The van der Waals surface area contributed by atoms with Gasteiger partial charge in [0.1, 0.15) is 5.52 Å². The Morgan fingerprint density at radius 1 is 1.20 bits per heavy atom. The van der Waals surface area contributed by atoms with Crippen LogP contribution in [-0.4, -0.2) is 19.9 Å². The molecule has 0 saturated carbocycles. The third-order valence-corrected chi connectivity index (χ3v) is 3.50. The van der Waals surface area contributed by atoms with Crippen LogP contribution in [0.15, 0.2) is 30.6 Å². The molecule has 7 heteroatoms. The molecule has 5 nitrogen and oxygen atoms in total. The number of halogens is 2. The Morgan fingerprint density at radius 3 is 2.80 bits per heavy atom. The van der Waals surface area contributed by atoms with Crippen molar-refractivity contribution in [1.29, 1.82) is 0 Å². The van der Waals surface area contributed by atoms with Crippen LogP contribution >= 0.6 is 23.2 Å². The lowest BCUT2D eigenvalue weighted by Gasteiger charge is -2.16. The monoisotopic (exact) mass is 307 g/mol. The van der Waals surface area contributed by atoms with Crippen molar-refractivity contribution in [3.8, 4) is 0 Å². The highest BCUT2D eigenvalue weighted by Crippen LogP contribution is 2.27. The second kappa shape index (κ2) is 5.26. The number of anilines is 1. The van der Waals surface area contributed by atoms with Crippen molar-refractivity contribution in [2.24, 2.45) is 0 Å². The lowest BCUT2D eigenvalue weighted by molar-refractivity contribution is 0.875. The van der Waals surface area contributed by atoms with Gasteiger partial charge in [-0.25, -0.2) is 4.98 Å². The van der Waals surface area contributed by atoms with Crippen LogP contribution in [0.1, 0.15) is 18.5 Å². The standard InChI is InChI=1S/C13H11Cl2N5/c1-7(8-4-2-3-5-9(8)14)18-12-10-11(17-6-16-10)19-13(15)20-12/h2-7H,1H3,(H2,16,17,18,19,20). The van der Waals surface area contributed by atoms with E-state index in [-0.39, 0.29) is 11.3 Å². The topological polar surface area (TPSA) is 66.5 Å². The molecule has 2 aromatic heterocycles. The van der Waals surface area contributed by atoms with Crippen molar-refractivity contribution >= 4 is 40.2 Å². The quantitative estimate of drug-likeness (QED) is 0.722. The molecule has 3 rings (SSSR count). The minimum Gasteiger partial charge on any atom is -0.362 e. The maximum absolute atomic E-state index is 6.19. The predicted molar refractivity (Wildman–Crippen MR) is 80.2 cm³/mol. The molecule has 0 amide bonds. The molecule has 1 aromatic carbocycles. The van der Waals surface area contributed by atoms with Crippen LogP contribution in [-0.2, 0) is 0 Å². The summed E-state index contributed by atoms with van der Waals surface area (Å²) in [6, 6.07) is 7.63. The summed E-state index contributed by atoms with van der Waals surface area (Å²) in [5.74, 6) is 0.602. The second-order valence-electron chi connectivity index (χ2n) is 4.33. The van der Waals surface area contributed by atoms with Crippen LogP contribution in [0.4, 0.5) is 5.82 Å². The molecular weight excluding hydrogens is 297 g/mol. The number of H-pyrrole nitrogens is 1. The fourth-order valence-corrected chi connectivity index (χ4v) is 2.48. The van der Waals surface area contributed by atoms with E-state index in [9.17, 15) is 0 Å². The van der Waals surface area contributed by atoms with E-state index in [1.54, 1.807) is 6.33 Å². The maximum atomic E-state index is 6.19. The summed E-state index contributed by atoms with van der Waals surface area (Å²) in [5.41, 5.74) is 2.23. The first-order valence-electron chi connectivity index (χ1n) is 6.02. The van der Waals surface area contributed by atoms with Crippen molar-refractivity contribution in [3.05, 3.63) is 46.5 Å². The highest BCUT2D eigenvalue weighted by atomic mass is 35.5. The SMILES string of the molecule is CC(Nc1nc(Cl)nc2nc[nH]c12)c1ccccc1Cl. The van der Waals surface area contributed by atoms with E-state index < -0.39 is 0 Å². The van der Waals surface area contributed by atoms with Crippen molar-refractivity contribution < 1.29 is 0 Å². The molecule has 0 bridgehead atoms. The van der Waals surface area contributed by atoms with Gasteiger partial charge in [-0.05, 0) is 30.2 Å². The molecular formula is C13H11Cl2N5. The van der Waals surface area contributed by atoms with Crippen molar-refractivity contribution in [3.63, 3.8) is 0 Å². The van der Waals surface area contributed by atoms with Crippen LogP contribution in [0, 0.1) is 0 Å². The second-order valence-corrected chi connectivity index (χ2v) is 5.08. The number of fused-ring (bicyclic) bond motifs is 1. The molecule has 3 aromatic rings. The largest absolute Gasteiger partial charge is 0.362 e. The van der Waals surface area contributed by atoms with Gasteiger partial charge >= 0.3 is 0 Å².